The van der Waals surface area contributed by atoms with Gasteiger partial charge in [-0.3, -0.25) is 18.7 Å². The number of rotatable bonds is 1. The van der Waals surface area contributed by atoms with Gasteiger partial charge < -0.3 is 0 Å². The summed E-state index contributed by atoms with van der Waals surface area (Å²) in [6.45, 7) is 3.84. The summed E-state index contributed by atoms with van der Waals surface area (Å²) in [5.74, 6) is -1.85. The van der Waals surface area contributed by atoms with Crippen LogP contribution in [0.25, 0.3) is 0 Å². The van der Waals surface area contributed by atoms with Gasteiger partial charge in [-0.15, -0.1) is 0 Å². The second-order valence-electron chi connectivity index (χ2n) is 9.11. The van der Waals surface area contributed by atoms with E-state index in [-0.39, 0.29) is 34.6 Å². The highest BCUT2D eigenvalue weighted by Crippen LogP contribution is 2.48. The molecule has 0 bridgehead atoms. The average Bonchev–Trinajstić information content (AvgIpc) is 2.67. The lowest BCUT2D eigenvalue weighted by atomic mass is 9.64. The minimum Gasteiger partial charge on any atom is -0.299 e. The number of nitrogens with zero attached hydrogens (tertiary/aromatic N) is 3. The molecule has 2 atom stereocenters. The number of hydrogen-bond acceptors (Lipinski definition) is 4. The zero-order valence-corrected chi connectivity index (χ0v) is 17.6. The van der Waals surface area contributed by atoms with Gasteiger partial charge in [0.05, 0.1) is 17.0 Å². The lowest BCUT2D eigenvalue weighted by molar-refractivity contribution is -0.137. The molecule has 1 fully saturated rings. The van der Waals surface area contributed by atoms with Crippen LogP contribution in [0.1, 0.15) is 49.3 Å². The maximum Gasteiger partial charge on any atom is 0.416 e. The zero-order valence-electron chi connectivity index (χ0n) is 17.6. The van der Waals surface area contributed by atoms with Crippen LogP contribution >= 0.6 is 0 Å². The normalized spacial score (nSPS) is 22.5. The number of ketones is 1. The van der Waals surface area contributed by atoms with Crippen molar-refractivity contribution in [3.8, 4) is 0 Å². The topological polar surface area (TPSA) is 73.4 Å². The standard InChI is InChI=1S/C22H22F3N3O3/c1-21(2)9-13-16(14(29)10-21)15(11-6-5-7-12(8-11)22(23,24)25)17-18(26-13)27(3)20(31)28(4)19(17)30/h5-8,15-16H,9-10H2,1-4H3. The van der Waals surface area contributed by atoms with Crippen LogP contribution in [0.15, 0.2) is 38.8 Å². The number of aliphatic imine (C=N–C) groups is 1. The summed E-state index contributed by atoms with van der Waals surface area (Å²) in [5.41, 5.74) is -1.69. The Morgan fingerprint density at radius 1 is 1.03 bits per heavy atom. The van der Waals surface area contributed by atoms with Gasteiger partial charge in [0.15, 0.2) is 0 Å². The van der Waals surface area contributed by atoms with Crippen LogP contribution in [-0.4, -0.2) is 20.6 Å². The number of aromatic nitrogens is 2. The smallest absolute Gasteiger partial charge is 0.299 e. The van der Waals surface area contributed by atoms with Crippen LogP contribution in [0.5, 0.6) is 0 Å². The van der Waals surface area contributed by atoms with E-state index in [9.17, 15) is 27.6 Å². The molecule has 0 amide bonds. The van der Waals surface area contributed by atoms with Crippen molar-refractivity contribution in [1.29, 1.82) is 0 Å². The highest BCUT2D eigenvalue weighted by molar-refractivity contribution is 6.11. The molecule has 31 heavy (non-hydrogen) atoms. The SMILES string of the molecule is Cn1c2c(c(=O)n(C)c1=O)C(c1cccc(C(F)(F)F)c1)C1C(=O)CC(C)(C)CC1=N2. The second kappa shape index (κ2) is 6.77. The zero-order chi connectivity index (χ0) is 22.9. The van der Waals surface area contributed by atoms with Crippen molar-refractivity contribution in [1.82, 2.24) is 9.13 Å². The summed E-state index contributed by atoms with van der Waals surface area (Å²) in [6, 6.07) is 4.69. The van der Waals surface area contributed by atoms with Crippen LogP contribution in [-0.2, 0) is 25.1 Å². The molecule has 1 aromatic heterocycles. The Morgan fingerprint density at radius 2 is 1.71 bits per heavy atom. The Morgan fingerprint density at radius 3 is 2.35 bits per heavy atom. The number of carbonyl (C=O) groups excluding carboxylic acids is 1. The number of hydrogen-bond donors (Lipinski definition) is 0. The fraction of sp³-hybridized carbons (Fsp3) is 0.455. The van der Waals surface area contributed by atoms with Gasteiger partial charge in [-0.1, -0.05) is 32.0 Å². The van der Waals surface area contributed by atoms with E-state index in [0.29, 0.717) is 12.1 Å². The summed E-state index contributed by atoms with van der Waals surface area (Å²) >= 11 is 0. The van der Waals surface area contributed by atoms with Crippen molar-refractivity contribution in [3.63, 3.8) is 0 Å². The number of alkyl halides is 3. The fourth-order valence-corrected chi connectivity index (χ4v) is 4.75. The van der Waals surface area contributed by atoms with Crippen molar-refractivity contribution in [2.75, 3.05) is 0 Å². The number of fused-ring (bicyclic) bond motifs is 2. The minimum atomic E-state index is -4.57. The predicted molar refractivity (Wildman–Crippen MR) is 109 cm³/mol. The number of Topliss-reactive ketones (excluding diaryl/α,β-unsaturated/α-hetero) is 1. The van der Waals surface area contributed by atoms with Crippen LogP contribution in [0.3, 0.4) is 0 Å². The largest absolute Gasteiger partial charge is 0.416 e. The van der Waals surface area contributed by atoms with Crippen molar-refractivity contribution in [3.05, 3.63) is 61.8 Å². The highest BCUT2D eigenvalue weighted by Gasteiger charge is 2.47. The molecular formula is C22H22F3N3O3. The Balaban J connectivity index is 2.06. The van der Waals surface area contributed by atoms with E-state index in [4.69, 9.17) is 0 Å². The van der Waals surface area contributed by atoms with Gasteiger partial charge in [-0.2, -0.15) is 13.2 Å². The van der Waals surface area contributed by atoms with E-state index in [1.54, 1.807) is 0 Å². The lowest BCUT2D eigenvalue weighted by Gasteiger charge is -2.41. The Kier molecular flexibility index (Phi) is 4.64. The van der Waals surface area contributed by atoms with E-state index in [2.05, 4.69) is 4.99 Å². The third-order valence-electron chi connectivity index (χ3n) is 6.15. The van der Waals surface area contributed by atoms with Gasteiger partial charge in [0, 0.05) is 32.1 Å². The molecule has 2 heterocycles. The first-order chi connectivity index (χ1) is 14.3. The van der Waals surface area contributed by atoms with E-state index < -0.39 is 34.8 Å². The summed E-state index contributed by atoms with van der Waals surface area (Å²) in [7, 11) is 2.77. The third-order valence-corrected chi connectivity index (χ3v) is 6.15. The van der Waals surface area contributed by atoms with Gasteiger partial charge in [0.25, 0.3) is 5.56 Å². The lowest BCUT2D eigenvalue weighted by Crippen LogP contribution is -2.47. The molecule has 164 valence electrons. The molecule has 1 saturated carbocycles. The van der Waals surface area contributed by atoms with Crippen molar-refractivity contribution in [2.45, 2.75) is 38.8 Å². The van der Waals surface area contributed by atoms with Gasteiger partial charge in [0.1, 0.15) is 11.6 Å². The van der Waals surface area contributed by atoms with Gasteiger partial charge in [-0.25, -0.2) is 9.79 Å². The molecule has 1 aromatic carbocycles. The second-order valence-corrected chi connectivity index (χ2v) is 9.11. The summed E-state index contributed by atoms with van der Waals surface area (Å²) in [4.78, 5) is 43.3. The molecule has 0 saturated heterocycles. The maximum atomic E-state index is 13.4. The first-order valence-corrected chi connectivity index (χ1v) is 9.89. The Bertz CT molecular complexity index is 1250. The Labute approximate surface area is 176 Å². The molecular weight excluding hydrogens is 411 g/mol. The average molecular weight is 433 g/mol. The van der Waals surface area contributed by atoms with Crippen LogP contribution in [0.4, 0.5) is 19.0 Å². The molecule has 0 spiro atoms. The highest BCUT2D eigenvalue weighted by atomic mass is 19.4. The number of carbonyl (C=O) groups is 1. The van der Waals surface area contributed by atoms with E-state index in [0.717, 1.165) is 16.7 Å². The summed E-state index contributed by atoms with van der Waals surface area (Å²) in [6.07, 6.45) is -3.90. The van der Waals surface area contributed by atoms with Gasteiger partial charge >= 0.3 is 11.9 Å². The molecule has 0 N–H and O–H groups in total. The quantitative estimate of drug-likeness (QED) is 0.693. The predicted octanol–water partition coefficient (Wildman–Crippen LogP) is 3.33. The van der Waals surface area contributed by atoms with Crippen molar-refractivity contribution < 1.29 is 18.0 Å². The molecule has 2 aliphatic rings. The minimum absolute atomic E-state index is 0.0748. The molecule has 0 radical (unpaired) electrons. The van der Waals surface area contributed by atoms with Gasteiger partial charge in [-0.05, 0) is 23.5 Å². The molecule has 9 heteroatoms. The van der Waals surface area contributed by atoms with Crippen LogP contribution in [0.2, 0.25) is 0 Å². The molecule has 1 aliphatic heterocycles. The van der Waals surface area contributed by atoms with Gasteiger partial charge in [0.2, 0.25) is 0 Å². The Hall–Kier alpha value is -2.97. The maximum absolute atomic E-state index is 13.4. The van der Waals surface area contributed by atoms with Crippen LogP contribution in [0, 0.1) is 11.3 Å². The number of halogens is 3. The van der Waals surface area contributed by atoms with E-state index >= 15 is 0 Å². The van der Waals surface area contributed by atoms with E-state index in [1.807, 2.05) is 13.8 Å². The first kappa shape index (κ1) is 21.3. The summed E-state index contributed by atoms with van der Waals surface area (Å²) in [5, 5.41) is 0. The van der Waals surface area contributed by atoms with Crippen molar-refractivity contribution >= 4 is 17.3 Å². The first-order valence-electron chi connectivity index (χ1n) is 9.89. The molecule has 6 nitrogen and oxygen atoms in total. The third kappa shape index (κ3) is 3.36. The summed E-state index contributed by atoms with van der Waals surface area (Å²) < 4.78 is 42.3. The van der Waals surface area contributed by atoms with E-state index in [1.165, 1.54) is 30.8 Å². The number of benzene rings is 1. The monoisotopic (exact) mass is 433 g/mol. The fourth-order valence-electron chi connectivity index (χ4n) is 4.75. The van der Waals surface area contributed by atoms with Crippen molar-refractivity contribution in [2.24, 2.45) is 30.4 Å². The molecule has 4 rings (SSSR count). The molecule has 1 aliphatic carbocycles. The molecule has 2 unspecified atom stereocenters. The van der Waals surface area contributed by atoms with Crippen LogP contribution < -0.4 is 11.2 Å². The molecule has 2 aromatic rings.